The maximum Gasteiger partial charge on any atom is 0.220 e. The molecule has 6 nitrogen and oxygen atoms in total. The van der Waals surface area contributed by atoms with Gasteiger partial charge >= 0.3 is 0 Å². The third-order valence-corrected chi connectivity index (χ3v) is 5.86. The second-order valence-electron chi connectivity index (χ2n) is 8.15. The van der Waals surface area contributed by atoms with Crippen LogP contribution in [0.3, 0.4) is 0 Å². The molecule has 0 saturated heterocycles. The van der Waals surface area contributed by atoms with Gasteiger partial charge in [0.05, 0.1) is 19.8 Å². The molecule has 0 fully saturated rings. The van der Waals surface area contributed by atoms with Gasteiger partial charge < -0.3 is 19.5 Å². The minimum atomic E-state index is -0.219. The standard InChI is InChI=1S/C26H33NO5/c1-18(20-10-12-24(25(17-20)31-3)32-15-14-30-2)27-26(29)13-11-23(28)22-9-8-19-6-4-5-7-21(19)16-22/h8-10,12,16-18H,4-7,11,13-15H2,1-3H3,(H,27,29). The highest BCUT2D eigenvalue weighted by Gasteiger charge is 2.16. The molecule has 6 heteroatoms. The largest absolute Gasteiger partial charge is 0.493 e. The van der Waals surface area contributed by atoms with Crippen molar-refractivity contribution in [3.63, 3.8) is 0 Å². The molecule has 0 spiro atoms. The van der Waals surface area contributed by atoms with Gasteiger partial charge in [0.2, 0.25) is 5.91 Å². The lowest BCUT2D eigenvalue weighted by atomic mass is 9.89. The van der Waals surface area contributed by atoms with Gasteiger partial charge in [0.15, 0.2) is 17.3 Å². The molecule has 1 N–H and O–H groups in total. The van der Waals surface area contributed by atoms with Gasteiger partial charge in [-0.3, -0.25) is 9.59 Å². The molecule has 0 bridgehead atoms. The number of carbonyl (C=O) groups excluding carboxylic acids is 2. The van der Waals surface area contributed by atoms with E-state index in [4.69, 9.17) is 14.2 Å². The Bertz CT molecular complexity index is 940. The summed E-state index contributed by atoms with van der Waals surface area (Å²) in [5, 5.41) is 2.97. The molecule has 2 aromatic carbocycles. The van der Waals surface area contributed by atoms with Gasteiger partial charge in [-0.05, 0) is 67.5 Å². The molecule has 1 unspecified atom stereocenters. The number of Topliss-reactive ketones (excluding diaryl/α,β-unsaturated/α-hetero) is 1. The molecule has 0 heterocycles. The van der Waals surface area contributed by atoms with E-state index in [9.17, 15) is 9.59 Å². The number of rotatable bonds is 11. The monoisotopic (exact) mass is 439 g/mol. The molecule has 0 saturated carbocycles. The zero-order valence-electron chi connectivity index (χ0n) is 19.2. The van der Waals surface area contributed by atoms with Crippen molar-refractivity contribution >= 4 is 11.7 Å². The number of carbonyl (C=O) groups is 2. The Hall–Kier alpha value is -2.86. The third-order valence-electron chi connectivity index (χ3n) is 5.86. The van der Waals surface area contributed by atoms with E-state index >= 15 is 0 Å². The first kappa shape index (κ1) is 23.8. The van der Waals surface area contributed by atoms with Gasteiger partial charge in [0.25, 0.3) is 0 Å². The second kappa shape index (κ2) is 11.7. The van der Waals surface area contributed by atoms with Crippen LogP contribution in [-0.2, 0) is 22.4 Å². The van der Waals surface area contributed by atoms with E-state index in [2.05, 4.69) is 11.4 Å². The average Bonchev–Trinajstić information content (AvgIpc) is 2.82. The number of ether oxygens (including phenoxy) is 3. The molecular weight excluding hydrogens is 406 g/mol. The van der Waals surface area contributed by atoms with Crippen molar-refractivity contribution in [2.75, 3.05) is 27.4 Å². The molecule has 1 aliphatic rings. The maximum atomic E-state index is 12.6. The van der Waals surface area contributed by atoms with Crippen molar-refractivity contribution < 1.29 is 23.8 Å². The number of hydrogen-bond acceptors (Lipinski definition) is 5. The molecule has 1 aliphatic carbocycles. The molecule has 32 heavy (non-hydrogen) atoms. The Kier molecular flexibility index (Phi) is 8.68. The van der Waals surface area contributed by atoms with E-state index in [-0.39, 0.29) is 30.6 Å². The fourth-order valence-corrected chi connectivity index (χ4v) is 3.98. The lowest BCUT2D eigenvalue weighted by Gasteiger charge is -2.17. The molecule has 0 aromatic heterocycles. The van der Waals surface area contributed by atoms with E-state index in [1.807, 2.05) is 37.3 Å². The first-order chi connectivity index (χ1) is 15.5. The fraction of sp³-hybridized carbons (Fsp3) is 0.462. The fourth-order valence-electron chi connectivity index (χ4n) is 3.98. The summed E-state index contributed by atoms with van der Waals surface area (Å²) in [5.74, 6) is 1.09. The predicted octanol–water partition coefficient (Wildman–Crippen LogP) is 4.44. The summed E-state index contributed by atoms with van der Waals surface area (Å²) in [6.45, 7) is 2.82. The number of fused-ring (bicyclic) bond motifs is 1. The van der Waals surface area contributed by atoms with Crippen molar-refractivity contribution in [2.45, 2.75) is 51.5 Å². The quantitative estimate of drug-likeness (QED) is 0.414. The summed E-state index contributed by atoms with van der Waals surface area (Å²) in [7, 11) is 3.20. The summed E-state index contributed by atoms with van der Waals surface area (Å²) in [6, 6.07) is 11.3. The zero-order chi connectivity index (χ0) is 22.9. The molecule has 2 aromatic rings. The van der Waals surface area contributed by atoms with E-state index in [0.717, 1.165) is 18.4 Å². The zero-order valence-corrected chi connectivity index (χ0v) is 19.2. The number of aryl methyl sites for hydroxylation is 2. The molecule has 0 radical (unpaired) electrons. The number of amides is 1. The van der Waals surface area contributed by atoms with Crippen LogP contribution in [0.2, 0.25) is 0 Å². The second-order valence-corrected chi connectivity index (χ2v) is 8.15. The first-order valence-electron chi connectivity index (χ1n) is 11.3. The van der Waals surface area contributed by atoms with Crippen LogP contribution >= 0.6 is 0 Å². The van der Waals surface area contributed by atoms with E-state index < -0.39 is 0 Å². The minimum Gasteiger partial charge on any atom is -0.493 e. The van der Waals surface area contributed by atoms with Gasteiger partial charge in [0.1, 0.15) is 6.61 Å². The van der Waals surface area contributed by atoms with Crippen LogP contribution in [0.1, 0.15) is 65.7 Å². The Morgan fingerprint density at radius 1 is 0.938 bits per heavy atom. The van der Waals surface area contributed by atoms with Gasteiger partial charge in [0, 0.05) is 25.5 Å². The highest BCUT2D eigenvalue weighted by Crippen LogP contribution is 2.30. The number of hydrogen-bond donors (Lipinski definition) is 1. The lowest BCUT2D eigenvalue weighted by molar-refractivity contribution is -0.121. The summed E-state index contributed by atoms with van der Waals surface area (Å²) < 4.78 is 16.1. The molecule has 0 aliphatic heterocycles. The van der Waals surface area contributed by atoms with Crippen LogP contribution in [0.15, 0.2) is 36.4 Å². The van der Waals surface area contributed by atoms with E-state index in [1.165, 1.54) is 24.0 Å². The van der Waals surface area contributed by atoms with Crippen molar-refractivity contribution in [3.8, 4) is 11.5 Å². The molecule has 172 valence electrons. The van der Waals surface area contributed by atoms with Crippen LogP contribution in [0.5, 0.6) is 11.5 Å². The SMILES string of the molecule is COCCOc1ccc(C(C)NC(=O)CCC(=O)c2ccc3c(c2)CCCC3)cc1OC. The summed E-state index contributed by atoms with van der Waals surface area (Å²) in [4.78, 5) is 25.1. The number of ketones is 1. The first-order valence-corrected chi connectivity index (χ1v) is 11.3. The van der Waals surface area contributed by atoms with Crippen LogP contribution in [0, 0.1) is 0 Å². The average molecular weight is 440 g/mol. The minimum absolute atomic E-state index is 0.0143. The van der Waals surface area contributed by atoms with E-state index in [1.54, 1.807) is 14.2 Å². The Balaban J connectivity index is 1.52. The van der Waals surface area contributed by atoms with Gasteiger partial charge in [-0.2, -0.15) is 0 Å². The van der Waals surface area contributed by atoms with Gasteiger partial charge in [-0.1, -0.05) is 18.2 Å². The van der Waals surface area contributed by atoms with Crippen molar-refractivity contribution in [1.82, 2.24) is 5.32 Å². The molecule has 1 amide bonds. The van der Waals surface area contributed by atoms with E-state index in [0.29, 0.717) is 30.3 Å². The number of benzene rings is 2. The summed E-state index contributed by atoms with van der Waals surface area (Å²) in [5.41, 5.74) is 4.24. The van der Waals surface area contributed by atoms with Crippen molar-refractivity contribution in [1.29, 1.82) is 0 Å². The Morgan fingerprint density at radius 3 is 2.47 bits per heavy atom. The third kappa shape index (κ3) is 6.33. The highest BCUT2D eigenvalue weighted by atomic mass is 16.5. The number of nitrogens with one attached hydrogen (secondary N) is 1. The number of methoxy groups -OCH3 is 2. The molecular formula is C26H33NO5. The van der Waals surface area contributed by atoms with Crippen molar-refractivity contribution in [2.24, 2.45) is 0 Å². The van der Waals surface area contributed by atoms with Crippen molar-refractivity contribution in [3.05, 3.63) is 58.7 Å². The maximum absolute atomic E-state index is 12.6. The molecule has 1 atom stereocenters. The molecule has 3 rings (SSSR count). The van der Waals surface area contributed by atoms with Crippen LogP contribution in [-0.4, -0.2) is 39.1 Å². The van der Waals surface area contributed by atoms with Crippen LogP contribution in [0.25, 0.3) is 0 Å². The Labute approximate surface area is 190 Å². The smallest absolute Gasteiger partial charge is 0.220 e. The summed E-state index contributed by atoms with van der Waals surface area (Å²) >= 11 is 0. The highest BCUT2D eigenvalue weighted by molar-refractivity contribution is 5.98. The predicted molar refractivity (Wildman–Crippen MR) is 124 cm³/mol. The van der Waals surface area contributed by atoms with Crippen LogP contribution < -0.4 is 14.8 Å². The summed E-state index contributed by atoms with van der Waals surface area (Å²) in [6.07, 6.45) is 4.88. The normalized spacial score (nSPS) is 13.7. The van der Waals surface area contributed by atoms with Gasteiger partial charge in [-0.15, -0.1) is 0 Å². The Morgan fingerprint density at radius 2 is 1.72 bits per heavy atom. The van der Waals surface area contributed by atoms with Crippen LogP contribution in [0.4, 0.5) is 0 Å². The van der Waals surface area contributed by atoms with Gasteiger partial charge in [-0.25, -0.2) is 0 Å². The topological polar surface area (TPSA) is 73.9 Å². The lowest BCUT2D eigenvalue weighted by Crippen LogP contribution is -2.27.